The third-order valence-corrected chi connectivity index (χ3v) is 7.86. The van der Waals surface area contributed by atoms with E-state index < -0.39 is 11.7 Å². The van der Waals surface area contributed by atoms with E-state index in [0.29, 0.717) is 18.0 Å². The van der Waals surface area contributed by atoms with Crippen LogP contribution >= 0.6 is 0 Å². The molecule has 1 amide bonds. The van der Waals surface area contributed by atoms with Gasteiger partial charge < -0.3 is 14.7 Å². The largest absolute Gasteiger partial charge is 0.416 e. The number of hydrogen-bond donors (Lipinski definition) is 0. The lowest BCUT2D eigenvalue weighted by atomic mass is 10.1. The Balaban J connectivity index is 1.54. The number of aromatic nitrogens is 1. The number of anilines is 2. The minimum absolute atomic E-state index is 0.0450. The summed E-state index contributed by atoms with van der Waals surface area (Å²) in [6, 6.07) is 17.1. The molecule has 224 valence electrons. The van der Waals surface area contributed by atoms with Gasteiger partial charge in [0.25, 0.3) is 0 Å². The van der Waals surface area contributed by atoms with E-state index in [1.807, 2.05) is 24.1 Å². The molecule has 1 saturated heterocycles. The van der Waals surface area contributed by atoms with E-state index in [0.717, 1.165) is 74.4 Å². The van der Waals surface area contributed by atoms with Crippen molar-refractivity contribution in [3.63, 3.8) is 0 Å². The fourth-order valence-corrected chi connectivity index (χ4v) is 5.27. The van der Waals surface area contributed by atoms with Crippen LogP contribution in [0.3, 0.4) is 0 Å². The van der Waals surface area contributed by atoms with Gasteiger partial charge in [0, 0.05) is 56.0 Å². The second-order valence-electron chi connectivity index (χ2n) is 11.5. The highest BCUT2D eigenvalue weighted by Crippen LogP contribution is 2.29. The Hall–Kier alpha value is -3.65. The minimum Gasteiger partial charge on any atom is -0.345 e. The number of benzene rings is 2. The average molecular weight is 579 g/mol. The number of nitrogens with zero attached hydrogens (tertiary/aromatic N) is 4. The molecule has 2 aromatic carbocycles. The van der Waals surface area contributed by atoms with E-state index in [-0.39, 0.29) is 11.9 Å². The normalized spacial score (nSPS) is 16.5. The Bertz CT molecular complexity index is 1290. The first kappa shape index (κ1) is 31.3. The molecule has 3 aromatic rings. The maximum Gasteiger partial charge on any atom is 0.416 e. The summed E-state index contributed by atoms with van der Waals surface area (Å²) in [6.07, 6.45) is 6.42. The molecule has 1 aromatic heterocycles. The van der Waals surface area contributed by atoms with Gasteiger partial charge in [-0.1, -0.05) is 44.5 Å². The molecule has 1 fully saturated rings. The van der Waals surface area contributed by atoms with E-state index in [1.165, 1.54) is 18.2 Å². The summed E-state index contributed by atoms with van der Waals surface area (Å²) >= 11 is 0. The predicted molar refractivity (Wildman–Crippen MR) is 163 cm³/mol. The molecule has 4 rings (SSSR count). The maximum absolute atomic E-state index is 13.7. The zero-order chi connectivity index (χ0) is 30.1. The number of likely N-dealkylation sites (tertiary alicyclic amines) is 1. The smallest absolute Gasteiger partial charge is 0.345 e. The van der Waals surface area contributed by atoms with Crippen LogP contribution in [-0.4, -0.2) is 53.4 Å². The van der Waals surface area contributed by atoms with Gasteiger partial charge in [0.15, 0.2) is 0 Å². The lowest BCUT2D eigenvalue weighted by Gasteiger charge is -2.34. The molecule has 8 heteroatoms. The molecule has 0 bridgehead atoms. The number of pyridine rings is 1. The lowest BCUT2D eigenvalue weighted by molar-refractivity contribution is -0.137. The van der Waals surface area contributed by atoms with E-state index in [4.69, 9.17) is 0 Å². The van der Waals surface area contributed by atoms with E-state index in [1.54, 1.807) is 18.5 Å². The van der Waals surface area contributed by atoms with Crippen LogP contribution in [0.1, 0.15) is 56.2 Å². The van der Waals surface area contributed by atoms with Crippen molar-refractivity contribution >= 4 is 23.4 Å². The predicted octanol–water partition coefficient (Wildman–Crippen LogP) is 7.81. The van der Waals surface area contributed by atoms with Crippen molar-refractivity contribution < 1.29 is 18.0 Å². The fraction of sp³-hybridized carbons (Fsp3) is 0.412. The van der Waals surface area contributed by atoms with Gasteiger partial charge >= 0.3 is 6.18 Å². The summed E-state index contributed by atoms with van der Waals surface area (Å²) in [4.78, 5) is 24.3. The third kappa shape index (κ3) is 8.92. The minimum atomic E-state index is -4.39. The Kier molecular flexibility index (Phi) is 10.8. The number of amides is 1. The van der Waals surface area contributed by atoms with Crippen molar-refractivity contribution in [2.24, 2.45) is 5.92 Å². The molecular weight excluding hydrogens is 537 g/mol. The highest BCUT2D eigenvalue weighted by atomic mass is 19.4. The van der Waals surface area contributed by atoms with Gasteiger partial charge in [-0.25, -0.2) is 0 Å². The zero-order valence-electron chi connectivity index (χ0n) is 24.7. The lowest BCUT2D eigenvalue weighted by Crippen LogP contribution is -2.45. The van der Waals surface area contributed by atoms with Crippen LogP contribution in [0.4, 0.5) is 24.5 Å². The highest BCUT2D eigenvalue weighted by Gasteiger charge is 2.30. The first-order valence-electron chi connectivity index (χ1n) is 14.7. The molecule has 0 saturated carbocycles. The van der Waals surface area contributed by atoms with Crippen molar-refractivity contribution in [1.29, 1.82) is 0 Å². The summed E-state index contributed by atoms with van der Waals surface area (Å²) in [5, 5.41) is 0. The monoisotopic (exact) mass is 578 g/mol. The van der Waals surface area contributed by atoms with E-state index in [9.17, 15) is 18.0 Å². The van der Waals surface area contributed by atoms with Gasteiger partial charge in [-0.2, -0.15) is 13.2 Å². The number of halogens is 3. The molecular formula is C34H41F3N4O. The molecule has 0 radical (unpaired) electrons. The van der Waals surface area contributed by atoms with Crippen molar-refractivity contribution in [3.05, 3.63) is 95.8 Å². The van der Waals surface area contributed by atoms with Crippen LogP contribution in [0.25, 0.3) is 6.08 Å². The number of hydrogen-bond acceptors (Lipinski definition) is 4. The topological polar surface area (TPSA) is 39.7 Å². The maximum atomic E-state index is 13.7. The van der Waals surface area contributed by atoms with E-state index in [2.05, 4.69) is 52.9 Å². The summed E-state index contributed by atoms with van der Waals surface area (Å²) in [5.41, 5.74) is 2.93. The third-order valence-electron chi connectivity index (χ3n) is 7.86. The quantitative estimate of drug-likeness (QED) is 0.230. The van der Waals surface area contributed by atoms with E-state index >= 15 is 0 Å². The number of carbonyl (C=O) groups is 1. The SMILES string of the molecule is CC(C)CCN1CCCCC(N(Cc2ccc(N(C)c3ccncc3)cc2)C(=O)C=Cc2ccc(C(F)(F)F)cc2)C1. The summed E-state index contributed by atoms with van der Waals surface area (Å²) in [7, 11) is 2.00. The van der Waals surface area contributed by atoms with Crippen LogP contribution in [0, 0.1) is 5.92 Å². The van der Waals surface area contributed by atoms with Crippen molar-refractivity contribution in [3.8, 4) is 0 Å². The average Bonchev–Trinajstić information content (AvgIpc) is 3.23. The van der Waals surface area contributed by atoms with Crippen molar-refractivity contribution in [2.75, 3.05) is 31.6 Å². The van der Waals surface area contributed by atoms with Gasteiger partial charge in [-0.15, -0.1) is 0 Å². The van der Waals surface area contributed by atoms with Gasteiger partial charge in [0.1, 0.15) is 0 Å². The van der Waals surface area contributed by atoms with Crippen LogP contribution < -0.4 is 4.90 Å². The molecule has 1 unspecified atom stereocenters. The molecule has 1 atom stereocenters. The molecule has 0 aliphatic carbocycles. The number of carbonyl (C=O) groups excluding carboxylic acids is 1. The molecule has 1 aliphatic heterocycles. The number of rotatable bonds is 10. The molecule has 0 spiro atoms. The van der Waals surface area contributed by atoms with Crippen molar-refractivity contribution in [1.82, 2.24) is 14.8 Å². The highest BCUT2D eigenvalue weighted by molar-refractivity contribution is 5.92. The molecule has 0 N–H and O–H groups in total. The first-order valence-corrected chi connectivity index (χ1v) is 14.7. The Morgan fingerprint density at radius 3 is 2.31 bits per heavy atom. The summed E-state index contributed by atoms with van der Waals surface area (Å²) in [5.74, 6) is 0.475. The molecule has 2 heterocycles. The fourth-order valence-electron chi connectivity index (χ4n) is 5.27. The van der Waals surface area contributed by atoms with Crippen LogP contribution in [0.15, 0.2) is 79.1 Å². The molecule has 42 heavy (non-hydrogen) atoms. The van der Waals surface area contributed by atoms with Gasteiger partial charge in [0.05, 0.1) is 5.56 Å². The van der Waals surface area contributed by atoms with Gasteiger partial charge in [0.2, 0.25) is 5.91 Å². The Morgan fingerprint density at radius 1 is 1.00 bits per heavy atom. The standard InChI is InChI=1S/C34H41F3N4O/c1-26(2)19-23-40-22-5-4-6-32(25-40)41(33(42)16-11-27-7-12-29(13-8-27)34(35,36)37)24-28-9-14-30(15-10-28)39(3)31-17-20-38-21-18-31/h7-18,20-21,26,32H,4-6,19,22-25H2,1-3H3. The Morgan fingerprint density at radius 2 is 1.67 bits per heavy atom. The first-order chi connectivity index (χ1) is 20.1. The zero-order valence-corrected chi connectivity index (χ0v) is 24.7. The van der Waals surface area contributed by atoms with Crippen LogP contribution in [-0.2, 0) is 17.5 Å². The van der Waals surface area contributed by atoms with Crippen LogP contribution in [0.2, 0.25) is 0 Å². The summed E-state index contributed by atoms with van der Waals surface area (Å²) < 4.78 is 39.0. The molecule has 5 nitrogen and oxygen atoms in total. The second-order valence-corrected chi connectivity index (χ2v) is 11.5. The van der Waals surface area contributed by atoms with Gasteiger partial charge in [-0.05, 0) is 91.9 Å². The second kappa shape index (κ2) is 14.5. The van der Waals surface area contributed by atoms with Crippen LogP contribution in [0.5, 0.6) is 0 Å². The molecule has 1 aliphatic rings. The summed E-state index contributed by atoms with van der Waals surface area (Å²) in [6.45, 7) is 7.77. The number of alkyl halides is 3. The van der Waals surface area contributed by atoms with Crippen molar-refractivity contribution in [2.45, 2.75) is 58.3 Å². The van der Waals surface area contributed by atoms with Gasteiger partial charge in [-0.3, -0.25) is 9.78 Å². The Labute approximate surface area is 247 Å².